The quantitative estimate of drug-likeness (QED) is 0.454. The molecule has 0 bridgehead atoms. The molecular weight excluding hydrogens is 318 g/mol. The lowest BCUT2D eigenvalue weighted by Gasteiger charge is -2.08. The monoisotopic (exact) mass is 331 g/mol. The summed E-state index contributed by atoms with van der Waals surface area (Å²) < 4.78 is 1.09. The number of nitrogens with two attached hydrogens (primary N) is 1. The van der Waals surface area contributed by atoms with E-state index in [0.717, 1.165) is 10.2 Å². The van der Waals surface area contributed by atoms with Crippen LogP contribution in [0.4, 0.5) is 0 Å². The van der Waals surface area contributed by atoms with E-state index in [4.69, 9.17) is 17.4 Å². The van der Waals surface area contributed by atoms with Crippen molar-refractivity contribution in [1.29, 1.82) is 0 Å². The number of nitrogens with zero attached hydrogens (tertiary/aromatic N) is 2. The SMILES string of the molecule is Cc1ccc(CSc2nc3cc(Cl)ccc3c(=O)n2N)cc1. The number of rotatable bonds is 3. The zero-order valence-electron chi connectivity index (χ0n) is 11.9. The number of hydrogen-bond acceptors (Lipinski definition) is 4. The first-order valence-corrected chi connectivity index (χ1v) is 8.07. The minimum Gasteiger partial charge on any atom is -0.334 e. The summed E-state index contributed by atoms with van der Waals surface area (Å²) in [5.74, 6) is 6.55. The van der Waals surface area contributed by atoms with Crippen LogP contribution in [0.5, 0.6) is 0 Å². The van der Waals surface area contributed by atoms with Crippen molar-refractivity contribution >= 4 is 34.3 Å². The fourth-order valence-corrected chi connectivity index (χ4v) is 3.13. The van der Waals surface area contributed by atoms with Crippen LogP contribution in [0.1, 0.15) is 11.1 Å². The van der Waals surface area contributed by atoms with E-state index in [0.29, 0.717) is 26.8 Å². The second-order valence-corrected chi connectivity index (χ2v) is 6.38. The van der Waals surface area contributed by atoms with Gasteiger partial charge in [-0.25, -0.2) is 9.66 Å². The Balaban J connectivity index is 1.94. The highest BCUT2D eigenvalue weighted by molar-refractivity contribution is 7.98. The molecule has 112 valence electrons. The van der Waals surface area contributed by atoms with E-state index in [2.05, 4.69) is 29.2 Å². The molecule has 1 aromatic heterocycles. The van der Waals surface area contributed by atoms with E-state index in [1.54, 1.807) is 18.2 Å². The van der Waals surface area contributed by atoms with Gasteiger partial charge in [-0.3, -0.25) is 4.79 Å². The average Bonchev–Trinajstić information content (AvgIpc) is 2.51. The van der Waals surface area contributed by atoms with Crippen molar-refractivity contribution in [2.24, 2.45) is 0 Å². The molecule has 0 saturated carbocycles. The highest BCUT2D eigenvalue weighted by Crippen LogP contribution is 2.22. The van der Waals surface area contributed by atoms with Crippen LogP contribution < -0.4 is 11.4 Å². The first-order valence-electron chi connectivity index (χ1n) is 6.70. The number of nitrogen functional groups attached to an aromatic ring is 1. The van der Waals surface area contributed by atoms with Crippen LogP contribution in [0.25, 0.3) is 10.9 Å². The van der Waals surface area contributed by atoms with Crippen LogP contribution in [-0.4, -0.2) is 9.66 Å². The Morgan fingerprint density at radius 2 is 1.95 bits per heavy atom. The molecule has 0 fully saturated rings. The predicted molar refractivity (Wildman–Crippen MR) is 91.9 cm³/mol. The van der Waals surface area contributed by atoms with Gasteiger partial charge in [0, 0.05) is 10.8 Å². The van der Waals surface area contributed by atoms with E-state index >= 15 is 0 Å². The van der Waals surface area contributed by atoms with Gasteiger partial charge >= 0.3 is 0 Å². The van der Waals surface area contributed by atoms with Gasteiger partial charge in [0.25, 0.3) is 5.56 Å². The average molecular weight is 332 g/mol. The van der Waals surface area contributed by atoms with Gasteiger partial charge in [-0.2, -0.15) is 0 Å². The first kappa shape index (κ1) is 14.9. The largest absolute Gasteiger partial charge is 0.334 e. The Morgan fingerprint density at radius 3 is 2.68 bits per heavy atom. The lowest BCUT2D eigenvalue weighted by Crippen LogP contribution is -2.29. The zero-order chi connectivity index (χ0) is 15.7. The maximum absolute atomic E-state index is 12.3. The van der Waals surface area contributed by atoms with E-state index < -0.39 is 0 Å². The second-order valence-electron chi connectivity index (χ2n) is 5.01. The molecule has 4 nitrogen and oxygen atoms in total. The maximum Gasteiger partial charge on any atom is 0.280 e. The second kappa shape index (κ2) is 6.02. The molecule has 0 amide bonds. The Bertz CT molecular complexity index is 890. The number of aromatic nitrogens is 2. The van der Waals surface area contributed by atoms with Crippen LogP contribution in [0.3, 0.4) is 0 Å². The number of halogens is 1. The lowest BCUT2D eigenvalue weighted by molar-refractivity contribution is 0.779. The zero-order valence-corrected chi connectivity index (χ0v) is 13.5. The molecule has 0 atom stereocenters. The Kier molecular flexibility index (Phi) is 4.09. The molecule has 3 aromatic rings. The third kappa shape index (κ3) is 2.96. The maximum atomic E-state index is 12.3. The fourth-order valence-electron chi connectivity index (χ4n) is 2.09. The molecule has 3 rings (SSSR count). The summed E-state index contributed by atoms with van der Waals surface area (Å²) in [7, 11) is 0. The molecule has 2 N–H and O–H groups in total. The Hall–Kier alpha value is -1.98. The number of benzene rings is 2. The van der Waals surface area contributed by atoms with E-state index in [9.17, 15) is 4.79 Å². The predicted octanol–water partition coefficient (Wildman–Crippen LogP) is 3.36. The minimum atomic E-state index is -0.270. The number of aryl methyl sites for hydroxylation is 1. The van der Waals surface area contributed by atoms with Gasteiger partial charge in [0.1, 0.15) is 0 Å². The lowest BCUT2D eigenvalue weighted by atomic mass is 10.2. The fraction of sp³-hybridized carbons (Fsp3) is 0.125. The minimum absolute atomic E-state index is 0.270. The van der Waals surface area contributed by atoms with Gasteiger partial charge in [0.2, 0.25) is 0 Å². The molecule has 0 aliphatic rings. The van der Waals surface area contributed by atoms with Gasteiger partial charge in [-0.1, -0.05) is 53.2 Å². The van der Waals surface area contributed by atoms with Crippen molar-refractivity contribution in [3.05, 3.63) is 69.0 Å². The highest BCUT2D eigenvalue weighted by atomic mass is 35.5. The summed E-state index contributed by atoms with van der Waals surface area (Å²) >= 11 is 7.39. The van der Waals surface area contributed by atoms with Gasteiger partial charge in [-0.05, 0) is 30.7 Å². The molecule has 0 radical (unpaired) electrons. The molecule has 0 saturated heterocycles. The summed E-state index contributed by atoms with van der Waals surface area (Å²) in [5, 5.41) is 1.48. The summed E-state index contributed by atoms with van der Waals surface area (Å²) in [6.45, 7) is 2.04. The van der Waals surface area contributed by atoms with Crippen LogP contribution in [-0.2, 0) is 5.75 Å². The molecule has 0 spiro atoms. The van der Waals surface area contributed by atoms with Crippen LogP contribution >= 0.6 is 23.4 Å². The first-order chi connectivity index (χ1) is 10.5. The molecule has 1 heterocycles. The Labute approximate surface area is 136 Å². The van der Waals surface area contributed by atoms with Crippen LogP contribution in [0.15, 0.2) is 52.4 Å². The third-order valence-corrected chi connectivity index (χ3v) is 4.58. The van der Waals surface area contributed by atoms with Crippen molar-refractivity contribution in [2.75, 3.05) is 5.84 Å². The summed E-state index contributed by atoms with van der Waals surface area (Å²) in [5.41, 5.74) is 2.65. The standard InChI is InChI=1S/C16H14ClN3OS/c1-10-2-4-11(5-3-10)9-22-16-19-14-8-12(17)6-7-13(14)15(21)20(16)18/h2-8H,9,18H2,1H3. The van der Waals surface area contributed by atoms with Crippen molar-refractivity contribution in [3.63, 3.8) is 0 Å². The van der Waals surface area contributed by atoms with Crippen molar-refractivity contribution in [1.82, 2.24) is 9.66 Å². The summed E-state index contributed by atoms with van der Waals surface area (Å²) in [6.07, 6.45) is 0. The normalized spacial score (nSPS) is 11.0. The topological polar surface area (TPSA) is 60.9 Å². The van der Waals surface area contributed by atoms with E-state index in [1.165, 1.54) is 17.3 Å². The number of hydrogen-bond donors (Lipinski definition) is 1. The van der Waals surface area contributed by atoms with Crippen LogP contribution in [0.2, 0.25) is 5.02 Å². The van der Waals surface area contributed by atoms with Gasteiger partial charge < -0.3 is 5.84 Å². The Morgan fingerprint density at radius 1 is 1.23 bits per heavy atom. The van der Waals surface area contributed by atoms with E-state index in [-0.39, 0.29) is 5.56 Å². The number of thioether (sulfide) groups is 1. The highest BCUT2D eigenvalue weighted by Gasteiger charge is 2.10. The molecule has 0 unspecified atom stereocenters. The third-order valence-electron chi connectivity index (χ3n) is 3.32. The smallest absolute Gasteiger partial charge is 0.280 e. The molecular formula is C16H14ClN3OS. The molecule has 22 heavy (non-hydrogen) atoms. The summed E-state index contributed by atoms with van der Waals surface area (Å²) in [6, 6.07) is 13.2. The molecule has 0 aliphatic heterocycles. The molecule has 2 aromatic carbocycles. The van der Waals surface area contributed by atoms with E-state index in [1.807, 2.05) is 6.92 Å². The van der Waals surface area contributed by atoms with Crippen molar-refractivity contribution in [3.8, 4) is 0 Å². The number of fused-ring (bicyclic) bond motifs is 1. The van der Waals surface area contributed by atoms with Crippen molar-refractivity contribution in [2.45, 2.75) is 17.8 Å². The molecule has 6 heteroatoms. The van der Waals surface area contributed by atoms with Gasteiger partial charge in [0.15, 0.2) is 5.16 Å². The molecule has 0 aliphatic carbocycles. The summed E-state index contributed by atoms with van der Waals surface area (Å²) in [4.78, 5) is 16.7. The van der Waals surface area contributed by atoms with Gasteiger partial charge in [-0.15, -0.1) is 0 Å². The van der Waals surface area contributed by atoms with Gasteiger partial charge in [0.05, 0.1) is 10.9 Å². The van der Waals surface area contributed by atoms with Crippen molar-refractivity contribution < 1.29 is 0 Å². The van der Waals surface area contributed by atoms with Crippen LogP contribution in [0, 0.1) is 6.92 Å².